The summed E-state index contributed by atoms with van der Waals surface area (Å²) in [6.07, 6.45) is 7.62. The van der Waals surface area contributed by atoms with Crippen LogP contribution < -0.4 is 0 Å². The van der Waals surface area contributed by atoms with E-state index in [0.29, 0.717) is 6.73 Å². The van der Waals surface area contributed by atoms with Gasteiger partial charge in [0.2, 0.25) is 0 Å². The molecule has 3 aromatic heterocycles. The number of hydrogen-bond acceptors (Lipinski definition) is 5. The number of alkyl halides is 2. The molecule has 0 atom stereocenters. The van der Waals surface area contributed by atoms with E-state index in [2.05, 4.69) is 40.8 Å². The predicted octanol–water partition coefficient (Wildman–Crippen LogP) is 4.94. The molecule has 3 aromatic rings. The fourth-order valence-corrected chi connectivity index (χ4v) is 5.42. The zero-order chi connectivity index (χ0) is 23.7. The first kappa shape index (κ1) is 23.5. The number of ether oxygens (including phenoxy) is 1. The highest BCUT2D eigenvalue weighted by Crippen LogP contribution is 2.55. The van der Waals surface area contributed by atoms with Crippen molar-refractivity contribution in [2.45, 2.75) is 57.2 Å². The molecule has 3 heterocycles. The Balaban J connectivity index is 1.56. The summed E-state index contributed by atoms with van der Waals surface area (Å²) in [6, 6.07) is 5.22. The molecule has 0 amide bonds. The number of nitrogens with zero attached hydrogens (tertiary/aromatic N) is 6. The van der Waals surface area contributed by atoms with Crippen molar-refractivity contribution in [3.63, 3.8) is 0 Å². The first-order valence-corrected chi connectivity index (χ1v) is 14.9. The average molecular weight is 473 g/mol. The maximum absolute atomic E-state index is 13.4. The van der Waals surface area contributed by atoms with Crippen molar-refractivity contribution in [2.75, 3.05) is 20.0 Å². The number of halogens is 2. The van der Waals surface area contributed by atoms with Crippen LogP contribution in [-0.2, 0) is 17.0 Å². The summed E-state index contributed by atoms with van der Waals surface area (Å²) in [5.41, 5.74) is 0.576. The third-order valence-electron chi connectivity index (χ3n) is 6.51. The van der Waals surface area contributed by atoms with Crippen molar-refractivity contribution < 1.29 is 13.5 Å². The molecule has 0 bridgehead atoms. The lowest BCUT2D eigenvalue weighted by molar-refractivity contribution is -0.0653. The Labute approximate surface area is 193 Å². The third-order valence-corrected chi connectivity index (χ3v) is 8.21. The molecular formula is C23H30F2N6OSi. The van der Waals surface area contributed by atoms with Gasteiger partial charge in [-0.1, -0.05) is 19.6 Å². The summed E-state index contributed by atoms with van der Waals surface area (Å²) < 4.78 is 36.4. The first-order chi connectivity index (χ1) is 15.7. The molecule has 10 heteroatoms. The Kier molecular flexibility index (Phi) is 6.38. The van der Waals surface area contributed by atoms with Gasteiger partial charge < -0.3 is 9.30 Å². The molecule has 1 fully saturated rings. The van der Waals surface area contributed by atoms with Gasteiger partial charge in [-0.25, -0.2) is 9.97 Å². The lowest BCUT2D eigenvalue weighted by atomic mass is 9.57. The van der Waals surface area contributed by atoms with Crippen LogP contribution in [0.3, 0.4) is 0 Å². The summed E-state index contributed by atoms with van der Waals surface area (Å²) in [7, 11) is -1.15. The van der Waals surface area contributed by atoms with E-state index < -0.39 is 32.4 Å². The Hall–Kier alpha value is -2.64. The summed E-state index contributed by atoms with van der Waals surface area (Å²) in [4.78, 5) is 8.90. The zero-order valence-electron chi connectivity index (χ0n) is 19.4. The zero-order valence-corrected chi connectivity index (χ0v) is 20.4. The minimum atomic E-state index is -1.15. The topological polar surface area (TPSA) is 81.5 Å². The van der Waals surface area contributed by atoms with Gasteiger partial charge in [0.05, 0.1) is 43.3 Å². The van der Waals surface area contributed by atoms with Gasteiger partial charge in [0.1, 0.15) is 18.7 Å². The van der Waals surface area contributed by atoms with E-state index in [1.807, 2.05) is 23.0 Å². The van der Waals surface area contributed by atoms with Gasteiger partial charge in [0.25, 0.3) is 0 Å². The second-order valence-corrected chi connectivity index (χ2v) is 16.1. The number of rotatable bonds is 10. The van der Waals surface area contributed by atoms with E-state index in [-0.39, 0.29) is 19.3 Å². The van der Waals surface area contributed by atoms with Crippen LogP contribution in [-0.4, -0.2) is 52.3 Å². The summed E-state index contributed by atoms with van der Waals surface area (Å²) in [5.74, 6) is 0. The molecule has 0 radical (unpaired) electrons. The summed E-state index contributed by atoms with van der Waals surface area (Å²) in [6.45, 7) is 6.64. The Bertz CT molecular complexity index is 1150. The predicted molar refractivity (Wildman–Crippen MR) is 125 cm³/mol. The quantitative estimate of drug-likeness (QED) is 0.308. The molecule has 176 valence electrons. The van der Waals surface area contributed by atoms with Gasteiger partial charge in [-0.05, 0) is 25.0 Å². The Morgan fingerprint density at radius 1 is 1.21 bits per heavy atom. The number of hydrogen-bond donors (Lipinski definition) is 0. The van der Waals surface area contributed by atoms with Crippen LogP contribution in [0.4, 0.5) is 8.78 Å². The Morgan fingerprint density at radius 2 is 1.97 bits per heavy atom. The molecule has 4 rings (SSSR count). The summed E-state index contributed by atoms with van der Waals surface area (Å²) in [5, 5.41) is 14.7. The van der Waals surface area contributed by atoms with Gasteiger partial charge in [0, 0.05) is 43.4 Å². The fourth-order valence-electron chi connectivity index (χ4n) is 4.67. The number of nitriles is 1. The van der Waals surface area contributed by atoms with Crippen molar-refractivity contribution in [3.8, 4) is 17.3 Å². The molecule has 0 spiro atoms. The van der Waals surface area contributed by atoms with Crippen molar-refractivity contribution in [3.05, 3.63) is 31.0 Å². The highest BCUT2D eigenvalue weighted by atomic mass is 28.3. The maximum Gasteiger partial charge on any atom is 0.145 e. The van der Waals surface area contributed by atoms with Gasteiger partial charge in [0.15, 0.2) is 0 Å². The molecule has 7 nitrogen and oxygen atoms in total. The first-order valence-electron chi connectivity index (χ1n) is 11.2. The molecule has 1 saturated carbocycles. The molecule has 0 aromatic carbocycles. The largest absolute Gasteiger partial charge is 0.361 e. The van der Waals surface area contributed by atoms with E-state index in [9.17, 15) is 14.0 Å². The van der Waals surface area contributed by atoms with Crippen LogP contribution in [0, 0.1) is 16.7 Å². The van der Waals surface area contributed by atoms with E-state index in [1.54, 1.807) is 10.9 Å². The van der Waals surface area contributed by atoms with Crippen molar-refractivity contribution in [1.82, 2.24) is 24.3 Å². The average Bonchev–Trinajstić information content (AvgIpc) is 3.41. The van der Waals surface area contributed by atoms with Gasteiger partial charge >= 0.3 is 0 Å². The van der Waals surface area contributed by atoms with Gasteiger partial charge in [-0.3, -0.25) is 13.5 Å². The van der Waals surface area contributed by atoms with Gasteiger partial charge in [-0.15, -0.1) is 0 Å². The standard InChI is InChI=1S/C23H30F2N6OSi/c1-33(2,3)9-8-32-17-30-7-4-19-20(27-16-28-21(19)30)18-10-29-31(11-18)23(5-6-26)12-22(13-23,14-24)15-25/h4,7,10-11,16H,5,8-9,12-15,17H2,1-3H3. The van der Waals surface area contributed by atoms with E-state index in [1.165, 1.54) is 6.33 Å². The fraction of sp³-hybridized carbons (Fsp3) is 0.565. The third kappa shape index (κ3) is 4.57. The van der Waals surface area contributed by atoms with Crippen LogP contribution >= 0.6 is 0 Å². The van der Waals surface area contributed by atoms with Crippen molar-refractivity contribution in [1.29, 1.82) is 5.26 Å². The molecular weight excluding hydrogens is 442 g/mol. The second-order valence-electron chi connectivity index (χ2n) is 10.4. The van der Waals surface area contributed by atoms with Gasteiger partial charge in [-0.2, -0.15) is 10.4 Å². The highest BCUT2D eigenvalue weighted by Gasteiger charge is 2.56. The molecule has 0 saturated heterocycles. The molecule has 1 aliphatic rings. The minimum absolute atomic E-state index is 0.153. The second kappa shape index (κ2) is 8.95. The molecule has 0 unspecified atom stereocenters. The maximum atomic E-state index is 13.4. The number of aromatic nitrogens is 5. The summed E-state index contributed by atoms with van der Waals surface area (Å²) >= 11 is 0. The molecule has 0 N–H and O–H groups in total. The molecule has 1 aliphatic carbocycles. The lowest BCUT2D eigenvalue weighted by Gasteiger charge is -2.53. The Morgan fingerprint density at radius 3 is 2.64 bits per heavy atom. The van der Waals surface area contributed by atoms with Crippen molar-refractivity contribution in [2.24, 2.45) is 5.41 Å². The lowest BCUT2D eigenvalue weighted by Crippen LogP contribution is -2.55. The van der Waals surface area contributed by atoms with Crippen LogP contribution in [0.1, 0.15) is 19.3 Å². The molecule has 33 heavy (non-hydrogen) atoms. The van der Waals surface area contributed by atoms with E-state index in [4.69, 9.17) is 4.74 Å². The van der Waals surface area contributed by atoms with Crippen molar-refractivity contribution >= 4 is 19.1 Å². The molecule has 0 aliphatic heterocycles. The van der Waals surface area contributed by atoms with E-state index >= 15 is 0 Å². The van der Waals surface area contributed by atoms with E-state index in [0.717, 1.165) is 34.9 Å². The van der Waals surface area contributed by atoms with Crippen LogP contribution in [0.15, 0.2) is 31.0 Å². The number of fused-ring (bicyclic) bond motifs is 1. The minimum Gasteiger partial charge on any atom is -0.361 e. The smallest absolute Gasteiger partial charge is 0.145 e. The monoisotopic (exact) mass is 472 g/mol. The highest BCUT2D eigenvalue weighted by molar-refractivity contribution is 6.76. The SMILES string of the molecule is C[Si](C)(C)CCOCn1ccc2c(-c3cnn(C4(CC#N)CC(CF)(CF)C4)c3)ncnc21. The van der Waals surface area contributed by atoms with Crippen LogP contribution in [0.25, 0.3) is 22.3 Å². The van der Waals surface area contributed by atoms with Crippen LogP contribution in [0.2, 0.25) is 25.7 Å². The normalized spacial score (nSPS) is 17.1. The van der Waals surface area contributed by atoms with Crippen LogP contribution in [0.5, 0.6) is 0 Å².